The Bertz CT molecular complexity index is 816. The number of nitrogens with one attached hydrogen (secondary N) is 1. The van der Waals surface area contributed by atoms with Crippen molar-refractivity contribution in [3.05, 3.63) is 42.1 Å². The molecule has 24 heavy (non-hydrogen) atoms. The Morgan fingerprint density at radius 3 is 3.00 bits per heavy atom. The number of hydrogen-bond acceptors (Lipinski definition) is 6. The maximum Gasteiger partial charge on any atom is 0.272 e. The molecule has 0 saturated heterocycles. The SMILES string of the molecule is O=C(NCc1nc(C2CCCCC2)no1)c1cn2cccnc2n1. The lowest BCUT2D eigenvalue weighted by atomic mass is 9.89. The lowest BCUT2D eigenvalue weighted by molar-refractivity contribution is 0.0942. The Kier molecular flexibility index (Phi) is 3.94. The molecule has 1 fully saturated rings. The summed E-state index contributed by atoms with van der Waals surface area (Å²) in [5.74, 6) is 1.76. The maximum absolute atomic E-state index is 12.2. The minimum Gasteiger partial charge on any atom is -0.342 e. The van der Waals surface area contributed by atoms with Gasteiger partial charge in [0.15, 0.2) is 5.82 Å². The Hall–Kier alpha value is -2.77. The van der Waals surface area contributed by atoms with Gasteiger partial charge >= 0.3 is 0 Å². The van der Waals surface area contributed by atoms with Crippen molar-refractivity contribution < 1.29 is 9.32 Å². The molecule has 4 rings (SSSR count). The summed E-state index contributed by atoms with van der Waals surface area (Å²) >= 11 is 0. The zero-order valence-corrected chi connectivity index (χ0v) is 13.2. The van der Waals surface area contributed by atoms with Gasteiger partial charge in [0.05, 0.1) is 6.54 Å². The zero-order chi connectivity index (χ0) is 16.4. The summed E-state index contributed by atoms with van der Waals surface area (Å²) in [4.78, 5) is 24.9. The van der Waals surface area contributed by atoms with Gasteiger partial charge in [0, 0.05) is 24.5 Å². The predicted octanol–water partition coefficient (Wildman–Crippen LogP) is 2.09. The fourth-order valence-corrected chi connectivity index (χ4v) is 3.05. The Labute approximate surface area is 138 Å². The van der Waals surface area contributed by atoms with Crippen LogP contribution in [0.15, 0.2) is 29.2 Å². The third-order valence-corrected chi connectivity index (χ3v) is 4.32. The molecule has 3 heterocycles. The molecule has 1 amide bonds. The van der Waals surface area contributed by atoms with Gasteiger partial charge in [-0.1, -0.05) is 24.4 Å². The molecule has 0 spiro atoms. The van der Waals surface area contributed by atoms with Gasteiger partial charge in [0.2, 0.25) is 11.7 Å². The largest absolute Gasteiger partial charge is 0.342 e. The van der Waals surface area contributed by atoms with Crippen LogP contribution in [0.4, 0.5) is 0 Å². The molecule has 0 bridgehead atoms. The molecule has 1 aliphatic rings. The molecular weight excluding hydrogens is 308 g/mol. The number of fused-ring (bicyclic) bond motifs is 1. The van der Waals surface area contributed by atoms with Crippen LogP contribution in [0.2, 0.25) is 0 Å². The van der Waals surface area contributed by atoms with Gasteiger partial charge in [-0.15, -0.1) is 0 Å². The summed E-state index contributed by atoms with van der Waals surface area (Å²) in [6, 6.07) is 1.78. The molecule has 0 unspecified atom stereocenters. The van der Waals surface area contributed by atoms with Crippen molar-refractivity contribution in [2.24, 2.45) is 0 Å². The van der Waals surface area contributed by atoms with Crippen molar-refractivity contribution in [2.75, 3.05) is 0 Å². The van der Waals surface area contributed by atoms with Crippen LogP contribution < -0.4 is 5.32 Å². The van der Waals surface area contributed by atoms with Gasteiger partial charge in [-0.2, -0.15) is 4.98 Å². The topological polar surface area (TPSA) is 98.2 Å². The van der Waals surface area contributed by atoms with Crippen molar-refractivity contribution in [3.63, 3.8) is 0 Å². The van der Waals surface area contributed by atoms with E-state index in [1.165, 1.54) is 19.3 Å². The molecule has 0 aromatic carbocycles. The third-order valence-electron chi connectivity index (χ3n) is 4.32. The molecule has 8 nitrogen and oxygen atoms in total. The highest BCUT2D eigenvalue weighted by atomic mass is 16.5. The summed E-state index contributed by atoms with van der Waals surface area (Å²) in [7, 11) is 0. The third kappa shape index (κ3) is 2.99. The van der Waals surface area contributed by atoms with E-state index < -0.39 is 0 Å². The molecule has 0 atom stereocenters. The van der Waals surface area contributed by atoms with E-state index in [4.69, 9.17) is 4.52 Å². The molecule has 8 heteroatoms. The minimum atomic E-state index is -0.294. The van der Waals surface area contributed by atoms with E-state index in [0.717, 1.165) is 18.7 Å². The molecular formula is C16H18N6O2. The van der Waals surface area contributed by atoms with Crippen LogP contribution in [0.5, 0.6) is 0 Å². The lowest BCUT2D eigenvalue weighted by Gasteiger charge is -2.17. The quantitative estimate of drug-likeness (QED) is 0.788. The molecule has 1 N–H and O–H groups in total. The van der Waals surface area contributed by atoms with Crippen molar-refractivity contribution in [1.82, 2.24) is 29.8 Å². The highest BCUT2D eigenvalue weighted by Crippen LogP contribution is 2.30. The van der Waals surface area contributed by atoms with Gasteiger partial charge in [-0.3, -0.25) is 9.20 Å². The molecule has 1 saturated carbocycles. The number of aromatic nitrogens is 5. The second-order valence-electron chi connectivity index (χ2n) is 6.02. The summed E-state index contributed by atoms with van der Waals surface area (Å²) in [6.07, 6.45) is 11.0. The van der Waals surface area contributed by atoms with Crippen molar-refractivity contribution in [3.8, 4) is 0 Å². The molecule has 3 aromatic heterocycles. The maximum atomic E-state index is 12.2. The first-order valence-electron chi connectivity index (χ1n) is 8.20. The van der Waals surface area contributed by atoms with E-state index in [0.29, 0.717) is 23.3 Å². The molecule has 3 aromatic rings. The smallest absolute Gasteiger partial charge is 0.272 e. The van der Waals surface area contributed by atoms with Crippen LogP contribution in [-0.2, 0) is 6.54 Å². The summed E-state index contributed by atoms with van der Waals surface area (Å²) in [5.41, 5.74) is 0.306. The fourth-order valence-electron chi connectivity index (χ4n) is 3.05. The van der Waals surface area contributed by atoms with Gasteiger partial charge in [0.1, 0.15) is 5.69 Å². The number of carbonyl (C=O) groups excluding carboxylic acids is 1. The van der Waals surface area contributed by atoms with Crippen LogP contribution >= 0.6 is 0 Å². The van der Waals surface area contributed by atoms with Gasteiger partial charge in [-0.25, -0.2) is 9.97 Å². The van der Waals surface area contributed by atoms with E-state index in [1.807, 2.05) is 0 Å². The number of rotatable bonds is 4. The first-order chi connectivity index (χ1) is 11.8. The number of amides is 1. The van der Waals surface area contributed by atoms with E-state index in [-0.39, 0.29) is 12.5 Å². The standard InChI is InChI=1S/C16H18N6O2/c23-15(12-10-22-8-4-7-17-16(22)19-12)18-9-13-20-14(21-24-13)11-5-2-1-3-6-11/h4,7-8,10-11H,1-3,5-6,9H2,(H,18,23). The second kappa shape index (κ2) is 6.38. The minimum absolute atomic E-state index is 0.194. The predicted molar refractivity (Wildman–Crippen MR) is 84.3 cm³/mol. The average molecular weight is 326 g/mol. The highest BCUT2D eigenvalue weighted by molar-refractivity contribution is 5.92. The van der Waals surface area contributed by atoms with Crippen LogP contribution in [0, 0.1) is 0 Å². The number of nitrogens with zero attached hydrogens (tertiary/aromatic N) is 5. The number of carbonyl (C=O) groups is 1. The van der Waals surface area contributed by atoms with E-state index in [1.54, 1.807) is 29.1 Å². The monoisotopic (exact) mass is 326 g/mol. The molecule has 124 valence electrons. The average Bonchev–Trinajstić information content (AvgIpc) is 3.27. The molecule has 0 aliphatic heterocycles. The van der Waals surface area contributed by atoms with Crippen molar-refractivity contribution in [1.29, 1.82) is 0 Å². The summed E-state index contributed by atoms with van der Waals surface area (Å²) in [6.45, 7) is 0.194. The van der Waals surface area contributed by atoms with Crippen LogP contribution in [0.3, 0.4) is 0 Å². The Balaban J connectivity index is 1.39. The normalized spacial score (nSPS) is 15.7. The highest BCUT2D eigenvalue weighted by Gasteiger charge is 2.21. The summed E-state index contributed by atoms with van der Waals surface area (Å²) < 4.78 is 6.95. The van der Waals surface area contributed by atoms with Crippen LogP contribution in [0.1, 0.15) is 60.2 Å². The Morgan fingerprint density at radius 1 is 1.29 bits per heavy atom. The van der Waals surface area contributed by atoms with Crippen LogP contribution in [0.25, 0.3) is 5.78 Å². The van der Waals surface area contributed by atoms with Gasteiger partial charge in [-0.05, 0) is 18.9 Å². The van der Waals surface area contributed by atoms with Crippen molar-refractivity contribution in [2.45, 2.75) is 44.6 Å². The van der Waals surface area contributed by atoms with E-state index in [9.17, 15) is 4.79 Å². The zero-order valence-electron chi connectivity index (χ0n) is 13.2. The van der Waals surface area contributed by atoms with Gasteiger partial charge < -0.3 is 9.84 Å². The summed E-state index contributed by atoms with van der Waals surface area (Å²) in [5, 5.41) is 6.81. The molecule has 0 radical (unpaired) electrons. The van der Waals surface area contributed by atoms with Crippen molar-refractivity contribution >= 4 is 11.7 Å². The fraction of sp³-hybridized carbons (Fsp3) is 0.438. The van der Waals surface area contributed by atoms with E-state index >= 15 is 0 Å². The number of imidazole rings is 1. The van der Waals surface area contributed by atoms with E-state index in [2.05, 4.69) is 25.4 Å². The number of hydrogen-bond donors (Lipinski definition) is 1. The van der Waals surface area contributed by atoms with Gasteiger partial charge in [0.25, 0.3) is 5.91 Å². The molecule has 1 aliphatic carbocycles. The first-order valence-corrected chi connectivity index (χ1v) is 8.20. The van der Waals surface area contributed by atoms with Crippen LogP contribution in [-0.4, -0.2) is 30.4 Å². The lowest BCUT2D eigenvalue weighted by Crippen LogP contribution is -2.23. The second-order valence-corrected chi connectivity index (χ2v) is 6.02. The Morgan fingerprint density at radius 2 is 2.17 bits per heavy atom. The first kappa shape index (κ1) is 14.8.